The van der Waals surface area contributed by atoms with Crippen LogP contribution in [0.15, 0.2) is 51.8 Å². The van der Waals surface area contributed by atoms with Gasteiger partial charge in [-0.25, -0.2) is 17.5 Å². The first-order chi connectivity index (χ1) is 9.79. The fraction of sp³-hybridized carbons (Fsp3) is 0.143. The van der Waals surface area contributed by atoms with Crippen molar-refractivity contribution in [3.8, 4) is 0 Å². The molecule has 2 aromatic carbocycles. The van der Waals surface area contributed by atoms with Gasteiger partial charge in [0.1, 0.15) is 5.82 Å². The highest BCUT2D eigenvalue weighted by Crippen LogP contribution is 2.21. The number of sulfonamides is 1. The number of hydrogen-bond donors (Lipinski definition) is 2. The molecular formula is C14H14BrFN2O2S. The molecule has 0 aliphatic carbocycles. The lowest BCUT2D eigenvalue weighted by atomic mass is 10.1. The lowest BCUT2D eigenvalue weighted by molar-refractivity contribution is 0.566. The minimum absolute atomic E-state index is 0.0645. The quantitative estimate of drug-likeness (QED) is 0.809. The highest BCUT2D eigenvalue weighted by molar-refractivity contribution is 9.10. The second kappa shape index (κ2) is 6.13. The summed E-state index contributed by atoms with van der Waals surface area (Å²) in [4.78, 5) is -0.0645. The van der Waals surface area contributed by atoms with E-state index in [0.29, 0.717) is 0 Å². The number of anilines is 1. The Balaban J connectivity index is 2.24. The summed E-state index contributed by atoms with van der Waals surface area (Å²) < 4.78 is 41.0. The van der Waals surface area contributed by atoms with Gasteiger partial charge in [0, 0.05) is 10.5 Å². The molecule has 2 rings (SSSR count). The molecule has 0 radical (unpaired) electrons. The van der Waals surface area contributed by atoms with Gasteiger partial charge in [0.2, 0.25) is 10.0 Å². The van der Waals surface area contributed by atoms with Crippen LogP contribution in [-0.4, -0.2) is 8.42 Å². The molecule has 0 fully saturated rings. The summed E-state index contributed by atoms with van der Waals surface area (Å²) in [6.07, 6.45) is 0. The largest absolute Gasteiger partial charge is 0.396 e. The molecule has 1 unspecified atom stereocenters. The predicted octanol–water partition coefficient (Wildman–Crippen LogP) is 3.21. The molecule has 0 aliphatic heterocycles. The highest BCUT2D eigenvalue weighted by atomic mass is 79.9. The first-order valence-electron chi connectivity index (χ1n) is 6.12. The molecule has 0 amide bonds. The second-order valence-corrected chi connectivity index (χ2v) is 7.21. The van der Waals surface area contributed by atoms with E-state index in [9.17, 15) is 12.8 Å². The summed E-state index contributed by atoms with van der Waals surface area (Å²) in [5.41, 5.74) is 6.02. The third kappa shape index (κ3) is 3.81. The van der Waals surface area contributed by atoms with Crippen LogP contribution >= 0.6 is 15.9 Å². The Kier molecular flexibility index (Phi) is 4.65. The van der Waals surface area contributed by atoms with Gasteiger partial charge in [0.15, 0.2) is 0 Å². The molecule has 3 N–H and O–H groups in total. The van der Waals surface area contributed by atoms with Crippen molar-refractivity contribution in [3.63, 3.8) is 0 Å². The van der Waals surface area contributed by atoms with Gasteiger partial charge in [0.25, 0.3) is 0 Å². The van der Waals surface area contributed by atoms with Crippen molar-refractivity contribution in [1.29, 1.82) is 0 Å². The Morgan fingerprint density at radius 1 is 1.19 bits per heavy atom. The maximum absolute atomic E-state index is 13.1. The molecular weight excluding hydrogens is 359 g/mol. The lowest BCUT2D eigenvalue weighted by Gasteiger charge is -2.15. The van der Waals surface area contributed by atoms with E-state index < -0.39 is 21.9 Å². The van der Waals surface area contributed by atoms with Crippen molar-refractivity contribution >= 4 is 31.6 Å². The van der Waals surface area contributed by atoms with Crippen LogP contribution in [0.4, 0.5) is 10.1 Å². The second-order valence-electron chi connectivity index (χ2n) is 4.58. The topological polar surface area (TPSA) is 72.2 Å². The molecule has 4 nitrogen and oxygen atoms in total. The number of benzene rings is 2. The number of rotatable bonds is 4. The normalized spacial score (nSPS) is 13.1. The molecule has 7 heteroatoms. The molecule has 0 aromatic heterocycles. The number of nitrogens with one attached hydrogen (secondary N) is 1. The molecule has 21 heavy (non-hydrogen) atoms. The van der Waals surface area contributed by atoms with E-state index in [1.54, 1.807) is 6.92 Å². The monoisotopic (exact) mass is 372 g/mol. The molecule has 1 atom stereocenters. The SMILES string of the molecule is CC(NS(=O)(=O)c1ccc(F)c(N)c1)c1ccc(Br)cc1. The zero-order valence-corrected chi connectivity index (χ0v) is 13.6. The van der Waals surface area contributed by atoms with Crippen LogP contribution in [0.2, 0.25) is 0 Å². The zero-order chi connectivity index (χ0) is 15.6. The third-order valence-electron chi connectivity index (χ3n) is 2.98. The number of nitrogens with two attached hydrogens (primary N) is 1. The third-order valence-corrected chi connectivity index (χ3v) is 5.05. The van der Waals surface area contributed by atoms with Gasteiger partial charge in [-0.05, 0) is 42.8 Å². The predicted molar refractivity (Wildman–Crippen MR) is 83.7 cm³/mol. The molecule has 2 aromatic rings. The standard InChI is InChI=1S/C14H14BrFN2O2S/c1-9(10-2-4-11(15)5-3-10)18-21(19,20)12-6-7-13(16)14(17)8-12/h2-9,18H,17H2,1H3. The average Bonchev–Trinajstić information content (AvgIpc) is 2.42. The first-order valence-corrected chi connectivity index (χ1v) is 8.40. The smallest absolute Gasteiger partial charge is 0.241 e. The highest BCUT2D eigenvalue weighted by Gasteiger charge is 2.19. The van der Waals surface area contributed by atoms with Gasteiger partial charge in [0.05, 0.1) is 10.6 Å². The maximum Gasteiger partial charge on any atom is 0.241 e. The van der Waals surface area contributed by atoms with E-state index in [1.807, 2.05) is 24.3 Å². The maximum atomic E-state index is 13.1. The van der Waals surface area contributed by atoms with Gasteiger partial charge < -0.3 is 5.73 Å². The van der Waals surface area contributed by atoms with Crippen LogP contribution in [0, 0.1) is 5.82 Å². The summed E-state index contributed by atoms with van der Waals surface area (Å²) in [5.74, 6) is -0.644. The molecule has 0 aliphatic rings. The molecule has 0 saturated carbocycles. The van der Waals surface area contributed by atoms with Crippen molar-refractivity contribution in [2.24, 2.45) is 0 Å². The Bertz CT molecular complexity index is 748. The van der Waals surface area contributed by atoms with Crippen LogP contribution in [0.1, 0.15) is 18.5 Å². The van der Waals surface area contributed by atoms with Gasteiger partial charge in [-0.2, -0.15) is 0 Å². The Morgan fingerprint density at radius 3 is 2.38 bits per heavy atom. The van der Waals surface area contributed by atoms with E-state index in [2.05, 4.69) is 20.7 Å². The fourth-order valence-corrected chi connectivity index (χ4v) is 3.34. The van der Waals surface area contributed by atoms with Crippen molar-refractivity contribution in [2.75, 3.05) is 5.73 Å². The van der Waals surface area contributed by atoms with Gasteiger partial charge in [-0.3, -0.25) is 0 Å². The Hall–Kier alpha value is -1.44. The van der Waals surface area contributed by atoms with Gasteiger partial charge in [-0.15, -0.1) is 0 Å². The summed E-state index contributed by atoms with van der Waals surface area (Å²) in [6, 6.07) is 10.2. The molecule has 0 saturated heterocycles. The Labute approximate surface area is 131 Å². The van der Waals surface area contributed by atoms with Crippen LogP contribution in [0.5, 0.6) is 0 Å². The summed E-state index contributed by atoms with van der Waals surface area (Å²) in [6.45, 7) is 1.73. The van der Waals surface area contributed by atoms with E-state index in [1.165, 1.54) is 6.07 Å². The van der Waals surface area contributed by atoms with Gasteiger partial charge in [-0.1, -0.05) is 28.1 Å². The number of halogens is 2. The van der Waals surface area contributed by atoms with E-state index in [-0.39, 0.29) is 10.6 Å². The van der Waals surface area contributed by atoms with E-state index in [4.69, 9.17) is 5.73 Å². The minimum atomic E-state index is -3.77. The lowest BCUT2D eigenvalue weighted by Crippen LogP contribution is -2.27. The van der Waals surface area contributed by atoms with E-state index in [0.717, 1.165) is 22.2 Å². The molecule has 112 valence electrons. The number of nitrogen functional groups attached to an aromatic ring is 1. The summed E-state index contributed by atoms with van der Waals surface area (Å²) >= 11 is 3.32. The van der Waals surface area contributed by atoms with E-state index >= 15 is 0 Å². The molecule has 0 bridgehead atoms. The van der Waals surface area contributed by atoms with Crippen LogP contribution in [-0.2, 0) is 10.0 Å². The van der Waals surface area contributed by atoms with Crippen LogP contribution in [0.3, 0.4) is 0 Å². The minimum Gasteiger partial charge on any atom is -0.396 e. The Morgan fingerprint density at radius 2 is 1.81 bits per heavy atom. The van der Waals surface area contributed by atoms with Crippen LogP contribution in [0.25, 0.3) is 0 Å². The van der Waals surface area contributed by atoms with Crippen molar-refractivity contribution in [2.45, 2.75) is 17.9 Å². The summed E-state index contributed by atoms with van der Waals surface area (Å²) in [5, 5.41) is 0. The van der Waals surface area contributed by atoms with Crippen LogP contribution < -0.4 is 10.5 Å². The average molecular weight is 373 g/mol. The van der Waals surface area contributed by atoms with Gasteiger partial charge >= 0.3 is 0 Å². The van der Waals surface area contributed by atoms with Crippen molar-refractivity contribution in [1.82, 2.24) is 4.72 Å². The van der Waals surface area contributed by atoms with Crippen molar-refractivity contribution < 1.29 is 12.8 Å². The fourth-order valence-electron chi connectivity index (χ4n) is 1.81. The molecule has 0 spiro atoms. The first kappa shape index (κ1) is 15.9. The van der Waals surface area contributed by atoms with Crippen molar-refractivity contribution in [3.05, 3.63) is 58.3 Å². The molecule has 0 heterocycles. The number of hydrogen-bond acceptors (Lipinski definition) is 3. The zero-order valence-electron chi connectivity index (χ0n) is 11.2. The summed E-state index contributed by atoms with van der Waals surface area (Å²) in [7, 11) is -3.77.